The van der Waals surface area contributed by atoms with Crippen molar-refractivity contribution in [3.05, 3.63) is 457 Å². The van der Waals surface area contributed by atoms with Crippen molar-refractivity contribution in [2.24, 2.45) is 0 Å². The molecule has 138 heavy (non-hydrogen) atoms. The van der Waals surface area contributed by atoms with Crippen molar-refractivity contribution in [2.45, 2.75) is 57.3 Å². The Morgan fingerprint density at radius 3 is 1.22 bits per heavy atom. The molecule has 4 aliphatic rings. The van der Waals surface area contributed by atoms with Crippen LogP contribution in [0.25, 0.3) is 199 Å². The van der Waals surface area contributed by atoms with Crippen LogP contribution in [0, 0.1) is 22.7 Å². The van der Waals surface area contributed by atoms with E-state index in [1.807, 2.05) is 37.2 Å². The number of aromatic nitrogens is 8. The van der Waals surface area contributed by atoms with E-state index in [0.717, 1.165) is 200 Å². The van der Waals surface area contributed by atoms with Gasteiger partial charge in [0.15, 0.2) is 8.07 Å². The summed E-state index contributed by atoms with van der Waals surface area (Å²) in [5, 5.41) is 38.9. The molecule has 8 aromatic heterocycles. The molecule has 11 heteroatoms. The number of hydrogen-bond acceptors (Lipinski definition) is 6. The van der Waals surface area contributed by atoms with E-state index in [2.05, 4.69) is 435 Å². The lowest BCUT2D eigenvalue weighted by Gasteiger charge is -2.30. The first-order valence-corrected chi connectivity index (χ1v) is 49.5. The van der Waals surface area contributed by atoms with Gasteiger partial charge in [0.2, 0.25) is 0 Å². The van der Waals surface area contributed by atoms with Crippen molar-refractivity contribution in [3.8, 4) is 124 Å². The van der Waals surface area contributed by atoms with Gasteiger partial charge < -0.3 is 18.3 Å². The van der Waals surface area contributed by atoms with E-state index in [-0.39, 0.29) is 10.8 Å². The van der Waals surface area contributed by atoms with Crippen LogP contribution in [0.1, 0.15) is 84.7 Å². The first-order valence-electron chi connectivity index (χ1n) is 47.5. The maximum Gasteiger partial charge on any atom is 0.182 e. The molecule has 0 bridgehead atoms. The molecule has 0 saturated carbocycles. The molecule has 2 spiro atoms. The normalized spacial score (nSPS) is 13.4. The minimum Gasteiger partial charge on any atom is -0.308 e. The molecular formula is C127H84N10Si. The summed E-state index contributed by atoms with van der Waals surface area (Å²) in [5.74, 6) is 0. The molecule has 0 fully saturated rings. The highest BCUT2D eigenvalue weighted by atomic mass is 28.3. The monoisotopic (exact) mass is 1780 g/mol. The largest absolute Gasteiger partial charge is 0.308 e. The highest BCUT2D eigenvalue weighted by molar-refractivity contribution is 7.24. The Morgan fingerprint density at radius 2 is 0.681 bits per heavy atom. The van der Waals surface area contributed by atoms with Crippen LogP contribution in [0.15, 0.2) is 407 Å². The van der Waals surface area contributed by atoms with Crippen molar-refractivity contribution in [1.82, 2.24) is 38.2 Å². The predicted octanol–water partition coefficient (Wildman–Crippen LogP) is 27.6. The van der Waals surface area contributed by atoms with Gasteiger partial charge in [-0.2, -0.15) is 10.5 Å². The third-order valence-corrected chi connectivity index (χ3v) is 35.9. The molecule has 0 radical (unpaired) electrons. The fraction of sp³-hybridized carbons (Fsp3) is 0.0709. The number of hydrogen-bond donors (Lipinski definition) is 0. The van der Waals surface area contributed by atoms with Crippen LogP contribution < -0.4 is 20.7 Å². The summed E-state index contributed by atoms with van der Waals surface area (Å²) >= 11 is 0. The van der Waals surface area contributed by atoms with Gasteiger partial charge in [0.1, 0.15) is 23.3 Å². The molecule has 0 amide bonds. The van der Waals surface area contributed by atoms with E-state index in [1.54, 1.807) is 0 Å². The third-order valence-electron chi connectivity index (χ3n) is 30.9. The molecule has 24 aromatic rings. The number of rotatable bonds is 11. The number of para-hydroxylation sites is 4. The summed E-state index contributed by atoms with van der Waals surface area (Å²) < 4.78 is 9.43. The lowest BCUT2D eigenvalue weighted by atomic mass is 9.71. The summed E-state index contributed by atoms with van der Waals surface area (Å²) in [4.78, 5) is 19.6. The van der Waals surface area contributed by atoms with Crippen molar-refractivity contribution in [3.63, 3.8) is 0 Å². The molecule has 2 aliphatic heterocycles. The van der Waals surface area contributed by atoms with Crippen LogP contribution in [0.3, 0.4) is 0 Å². The Morgan fingerprint density at radius 1 is 0.283 bits per heavy atom. The number of pyridine rings is 4. The van der Waals surface area contributed by atoms with Gasteiger partial charge in [-0.25, -0.2) is 0 Å². The second-order valence-corrected chi connectivity index (χ2v) is 43.1. The molecule has 10 nitrogen and oxygen atoms in total. The van der Waals surface area contributed by atoms with Gasteiger partial charge in [0.05, 0.1) is 83.7 Å². The zero-order valence-electron chi connectivity index (χ0n) is 76.4. The summed E-state index contributed by atoms with van der Waals surface area (Å²) in [6, 6.07) is 142. The van der Waals surface area contributed by atoms with Crippen LogP contribution in [0.4, 0.5) is 0 Å². The van der Waals surface area contributed by atoms with E-state index in [9.17, 15) is 10.5 Å². The lowest BCUT2D eigenvalue weighted by Crippen LogP contribution is -2.71. The molecular weight excluding hydrogens is 1690 g/mol. The first-order chi connectivity index (χ1) is 67.7. The summed E-state index contributed by atoms with van der Waals surface area (Å²) in [6.07, 6.45) is 12.6. The third kappa shape index (κ3) is 11.0. The fourth-order valence-electron chi connectivity index (χ4n) is 24.9. The zero-order chi connectivity index (χ0) is 91.9. The average Bonchev–Trinajstić information content (AvgIpc) is 1.50. The second kappa shape index (κ2) is 29.3. The lowest BCUT2D eigenvalue weighted by molar-refractivity contribution is 0.523. The van der Waals surface area contributed by atoms with Gasteiger partial charge in [0.25, 0.3) is 0 Å². The van der Waals surface area contributed by atoms with E-state index in [0.29, 0.717) is 11.1 Å². The van der Waals surface area contributed by atoms with E-state index >= 15 is 0 Å². The SMILES string of the molecule is CC(C)(C)c1ccc2c(c1)c1ccccc1n2-c1cc(-c2cccc3c2[Si]2(c4ccncc4-c4cnccc42)c2ccccc2-3)cc(-n2c3ccccc3c3cc(C(C)(C)Cc4ccc(-c5ccc6c(c5)c5ccccc5n6-c5cc(-c6ccc7c(c6)-c6ccccc6C76c7cccnc7-c7ncccc76)cc(-n6c7ccccc7c7cc(-c8ccccc8)ccc76)c5C#N)cc4)ccc32)c1C#N. The van der Waals surface area contributed by atoms with E-state index < -0.39 is 13.5 Å². The molecule has 0 saturated heterocycles. The van der Waals surface area contributed by atoms with Crippen molar-refractivity contribution >= 4 is 116 Å². The molecule has 0 atom stereocenters. The van der Waals surface area contributed by atoms with Gasteiger partial charge in [-0.15, -0.1) is 0 Å². The molecule has 2 aliphatic carbocycles. The summed E-state index contributed by atoms with van der Waals surface area (Å²) in [6.45, 7) is 11.6. The minimum atomic E-state index is -3.09. The minimum absolute atomic E-state index is 0.102. The maximum atomic E-state index is 12.4. The Kier molecular flexibility index (Phi) is 16.8. The maximum absolute atomic E-state index is 12.4. The van der Waals surface area contributed by atoms with Gasteiger partial charge in [0, 0.05) is 91.4 Å². The standard InChI is InChI=1S/C127H84N10Si/c1-125(2,3)84-49-54-113-97(69-84)90-29-12-18-39-109(90)136(113)117-67-83(86-32-21-33-93-92-31-14-20-41-119(92)138(124(86)93)120-56-60-130-74-101(120)102-75-131-61-57-121(102)138)68-118(100(117)73-129)137-110-40-19-13-30-91(110)98-70-85(50-55-114(98)137)126(4,5)71-76-42-44-78(45-43-76)80-48-53-112-96(64-80)89-28-11-17-38-108(89)135(112)116-66-82(65-115(99(116)72-128)134-107-37-16-10-27-88(107)95-63-79(47-52-111(95)134)77-24-7-6-8-25-77)81-46-51-104-94(62-81)87-26-9-15-34-103(87)127(104)105-35-22-58-132-122(105)123-106(127)36-23-59-133-123/h6-70,74-75H,71H2,1-5H3. The van der Waals surface area contributed by atoms with Gasteiger partial charge >= 0.3 is 0 Å². The molecule has 10 heterocycles. The van der Waals surface area contributed by atoms with Crippen LogP contribution in [-0.2, 0) is 22.7 Å². The van der Waals surface area contributed by atoms with Crippen molar-refractivity contribution in [1.29, 1.82) is 10.5 Å². The predicted molar refractivity (Wildman–Crippen MR) is 566 cm³/mol. The molecule has 16 aromatic carbocycles. The van der Waals surface area contributed by atoms with Gasteiger partial charge in [-0.1, -0.05) is 277 Å². The Bertz CT molecular complexity index is 9460. The highest BCUT2D eigenvalue weighted by Gasteiger charge is 2.56. The number of benzene rings is 16. The smallest absolute Gasteiger partial charge is 0.182 e. The molecule has 646 valence electrons. The van der Waals surface area contributed by atoms with Crippen molar-refractivity contribution in [2.75, 3.05) is 0 Å². The zero-order valence-corrected chi connectivity index (χ0v) is 77.4. The van der Waals surface area contributed by atoms with Crippen LogP contribution in [-0.4, -0.2) is 46.3 Å². The highest BCUT2D eigenvalue weighted by Crippen LogP contribution is 2.63. The molecule has 28 rings (SSSR count). The van der Waals surface area contributed by atoms with E-state index in [4.69, 9.17) is 19.9 Å². The second-order valence-electron chi connectivity index (χ2n) is 39.4. The Labute approximate surface area is 797 Å². The van der Waals surface area contributed by atoms with Crippen LogP contribution in [0.5, 0.6) is 0 Å². The first kappa shape index (κ1) is 79.1. The molecule has 0 unspecified atom stereocenters. The number of fused-ring (bicyclic) bond motifs is 32. The van der Waals surface area contributed by atoms with E-state index in [1.165, 1.54) is 65.3 Å². The van der Waals surface area contributed by atoms with Crippen LogP contribution >= 0.6 is 0 Å². The topological polar surface area (TPSA) is 119 Å². The fourth-order valence-corrected chi connectivity index (χ4v) is 30.6. The molecule has 0 N–H and O–H groups in total. The van der Waals surface area contributed by atoms with Crippen LogP contribution in [0.2, 0.25) is 0 Å². The Balaban J connectivity index is 0.565. The quantitative estimate of drug-likeness (QED) is 0.119. The van der Waals surface area contributed by atoms with Gasteiger partial charge in [-0.05, 0) is 271 Å². The number of nitriles is 2. The summed E-state index contributed by atoms with van der Waals surface area (Å²) in [5.41, 5.74) is 37.3. The summed E-state index contributed by atoms with van der Waals surface area (Å²) in [7, 11) is -3.09. The Hall–Kier alpha value is -17.5. The van der Waals surface area contributed by atoms with Gasteiger partial charge in [-0.3, -0.25) is 19.9 Å². The number of nitrogens with zero attached hydrogens (tertiary/aromatic N) is 10. The average molecular weight is 1780 g/mol. The van der Waals surface area contributed by atoms with Crippen molar-refractivity contribution < 1.29 is 0 Å².